The van der Waals surface area contributed by atoms with Crippen LogP contribution in [0.4, 0.5) is 10.5 Å². The third-order valence-electron chi connectivity index (χ3n) is 4.67. The van der Waals surface area contributed by atoms with E-state index in [2.05, 4.69) is 26.6 Å². The first kappa shape index (κ1) is 19.2. The molecule has 27 heavy (non-hydrogen) atoms. The summed E-state index contributed by atoms with van der Waals surface area (Å²) >= 11 is 3.57. The Morgan fingerprint density at radius 3 is 2.59 bits per heavy atom. The molecular formula is C20H23BrN4O2. The van der Waals surface area contributed by atoms with Crippen LogP contribution in [0.2, 0.25) is 0 Å². The lowest BCUT2D eigenvalue weighted by atomic mass is 10.0. The summed E-state index contributed by atoms with van der Waals surface area (Å²) in [5, 5.41) is 5.40. The first-order valence-electron chi connectivity index (χ1n) is 8.94. The molecule has 0 saturated carbocycles. The number of anilines is 1. The van der Waals surface area contributed by atoms with Crippen LogP contribution in [0.1, 0.15) is 30.0 Å². The molecule has 4 N–H and O–H groups in total. The van der Waals surface area contributed by atoms with Crippen LogP contribution in [0, 0.1) is 0 Å². The van der Waals surface area contributed by atoms with Gasteiger partial charge in [0.25, 0.3) is 0 Å². The lowest BCUT2D eigenvalue weighted by molar-refractivity contribution is -0.131. The lowest BCUT2D eigenvalue weighted by Crippen LogP contribution is -2.43. The summed E-state index contributed by atoms with van der Waals surface area (Å²) in [5.41, 5.74) is 8.37. The molecule has 0 unspecified atom stereocenters. The monoisotopic (exact) mass is 430 g/mol. The number of rotatable bonds is 5. The molecule has 2 aromatic carbocycles. The maximum absolute atomic E-state index is 12.6. The van der Waals surface area contributed by atoms with Crippen molar-refractivity contribution < 1.29 is 9.59 Å². The Morgan fingerprint density at radius 2 is 1.85 bits per heavy atom. The highest BCUT2D eigenvalue weighted by atomic mass is 79.9. The van der Waals surface area contributed by atoms with Gasteiger partial charge in [-0.15, -0.1) is 0 Å². The molecule has 1 aliphatic heterocycles. The van der Waals surface area contributed by atoms with Gasteiger partial charge in [-0.25, -0.2) is 4.79 Å². The number of amides is 3. The summed E-state index contributed by atoms with van der Waals surface area (Å²) in [6.45, 7) is 1.07. The Hall–Kier alpha value is -2.54. The van der Waals surface area contributed by atoms with Crippen LogP contribution < -0.4 is 16.4 Å². The third-order valence-corrected chi connectivity index (χ3v) is 5.39. The maximum atomic E-state index is 12.6. The molecule has 0 radical (unpaired) electrons. The molecule has 6 nitrogen and oxygen atoms in total. The number of hydrogen-bond donors (Lipinski definition) is 3. The highest BCUT2D eigenvalue weighted by molar-refractivity contribution is 9.10. The number of nitrogen functional groups attached to an aromatic ring is 1. The predicted octanol–water partition coefficient (Wildman–Crippen LogP) is 3.19. The fourth-order valence-corrected chi connectivity index (χ4v) is 3.82. The number of urea groups is 1. The first-order chi connectivity index (χ1) is 13.0. The summed E-state index contributed by atoms with van der Waals surface area (Å²) in [6, 6.07) is 14.9. The van der Waals surface area contributed by atoms with Gasteiger partial charge in [-0.05, 0) is 42.2 Å². The molecule has 7 heteroatoms. The zero-order chi connectivity index (χ0) is 19.2. The Bertz CT molecular complexity index is 810. The summed E-state index contributed by atoms with van der Waals surface area (Å²) in [7, 11) is 0. The molecule has 142 valence electrons. The topological polar surface area (TPSA) is 87.5 Å². The van der Waals surface area contributed by atoms with E-state index in [9.17, 15) is 9.59 Å². The smallest absolute Gasteiger partial charge is 0.315 e. The molecule has 0 bridgehead atoms. The van der Waals surface area contributed by atoms with E-state index in [0.29, 0.717) is 18.8 Å². The fraction of sp³-hybridized carbons (Fsp3) is 0.300. The summed E-state index contributed by atoms with van der Waals surface area (Å²) in [6.07, 6.45) is 1.89. The molecular weight excluding hydrogens is 408 g/mol. The van der Waals surface area contributed by atoms with E-state index in [4.69, 9.17) is 5.73 Å². The van der Waals surface area contributed by atoms with Gasteiger partial charge < -0.3 is 21.3 Å². The van der Waals surface area contributed by atoms with Crippen molar-refractivity contribution in [3.63, 3.8) is 0 Å². The molecule has 1 fully saturated rings. The van der Waals surface area contributed by atoms with Gasteiger partial charge in [-0.3, -0.25) is 4.79 Å². The predicted molar refractivity (Wildman–Crippen MR) is 109 cm³/mol. The Morgan fingerprint density at radius 1 is 1.11 bits per heavy atom. The zero-order valence-electron chi connectivity index (χ0n) is 15.0. The number of benzene rings is 2. The number of hydrogen-bond acceptors (Lipinski definition) is 3. The first-order valence-corrected chi connectivity index (χ1v) is 9.74. The number of nitrogens with one attached hydrogen (secondary N) is 2. The second kappa shape index (κ2) is 8.90. The molecule has 1 aliphatic rings. The number of nitrogens with zero attached hydrogens (tertiary/aromatic N) is 1. The van der Waals surface area contributed by atoms with E-state index >= 15 is 0 Å². The maximum Gasteiger partial charge on any atom is 0.315 e. The van der Waals surface area contributed by atoms with E-state index in [1.807, 2.05) is 41.3 Å². The average molecular weight is 431 g/mol. The number of carbonyl (C=O) groups is 2. The standard InChI is InChI=1S/C20H23BrN4O2/c21-17-5-2-1-4-16(17)18-6-3-11-25(18)19(26)13-24-20(27)23-12-14-7-9-15(22)10-8-14/h1-2,4-5,7-10,18H,3,6,11-13,22H2,(H2,23,24,27)/t18-/m1/s1. The van der Waals surface area contributed by atoms with Crippen molar-refractivity contribution >= 4 is 33.6 Å². The summed E-state index contributed by atoms with van der Waals surface area (Å²) in [4.78, 5) is 26.4. The minimum Gasteiger partial charge on any atom is -0.399 e. The van der Waals surface area contributed by atoms with E-state index in [1.165, 1.54) is 0 Å². The van der Waals surface area contributed by atoms with E-state index in [0.717, 1.165) is 28.4 Å². The zero-order valence-corrected chi connectivity index (χ0v) is 16.5. The molecule has 1 saturated heterocycles. The van der Waals surface area contributed by atoms with Crippen molar-refractivity contribution in [2.45, 2.75) is 25.4 Å². The van der Waals surface area contributed by atoms with Crippen molar-refractivity contribution in [1.82, 2.24) is 15.5 Å². The largest absolute Gasteiger partial charge is 0.399 e. The Labute approximate surface area is 167 Å². The van der Waals surface area contributed by atoms with Gasteiger partial charge in [0.15, 0.2) is 0 Å². The second-order valence-corrected chi connectivity index (χ2v) is 7.40. The number of halogens is 1. The van der Waals surface area contributed by atoms with Crippen molar-refractivity contribution in [3.8, 4) is 0 Å². The molecule has 1 heterocycles. The normalized spacial score (nSPS) is 16.2. The van der Waals surface area contributed by atoms with Gasteiger partial charge in [-0.1, -0.05) is 46.3 Å². The molecule has 1 atom stereocenters. The van der Waals surface area contributed by atoms with E-state index in [1.54, 1.807) is 12.1 Å². The van der Waals surface area contributed by atoms with Crippen molar-refractivity contribution in [2.75, 3.05) is 18.8 Å². The minimum absolute atomic E-state index is 0.0193. The molecule has 0 spiro atoms. The third kappa shape index (κ3) is 5.01. The SMILES string of the molecule is Nc1ccc(CNC(=O)NCC(=O)N2CCC[C@@H]2c2ccccc2Br)cc1. The van der Waals surface area contributed by atoms with Gasteiger partial charge in [-0.2, -0.15) is 0 Å². The van der Waals surface area contributed by atoms with Gasteiger partial charge in [0.2, 0.25) is 5.91 Å². The van der Waals surface area contributed by atoms with Crippen LogP contribution in [-0.2, 0) is 11.3 Å². The van der Waals surface area contributed by atoms with Crippen LogP contribution in [0.3, 0.4) is 0 Å². The number of nitrogens with two attached hydrogens (primary N) is 1. The van der Waals surface area contributed by atoms with Crippen LogP contribution in [0.5, 0.6) is 0 Å². The fourth-order valence-electron chi connectivity index (χ4n) is 3.27. The second-order valence-electron chi connectivity index (χ2n) is 6.54. The average Bonchev–Trinajstić information content (AvgIpc) is 3.15. The molecule has 0 aliphatic carbocycles. The Kier molecular flexibility index (Phi) is 6.34. The molecule has 3 rings (SSSR count). The van der Waals surface area contributed by atoms with E-state index in [-0.39, 0.29) is 24.5 Å². The van der Waals surface area contributed by atoms with Crippen LogP contribution in [0.25, 0.3) is 0 Å². The highest BCUT2D eigenvalue weighted by Crippen LogP contribution is 2.35. The van der Waals surface area contributed by atoms with Gasteiger partial charge >= 0.3 is 6.03 Å². The molecule has 0 aromatic heterocycles. The number of likely N-dealkylation sites (tertiary alicyclic amines) is 1. The molecule has 3 amide bonds. The Balaban J connectivity index is 1.50. The van der Waals surface area contributed by atoms with Crippen molar-refractivity contribution in [1.29, 1.82) is 0 Å². The van der Waals surface area contributed by atoms with Crippen LogP contribution >= 0.6 is 15.9 Å². The van der Waals surface area contributed by atoms with Crippen molar-refractivity contribution in [2.24, 2.45) is 0 Å². The van der Waals surface area contributed by atoms with Gasteiger partial charge in [0, 0.05) is 23.2 Å². The van der Waals surface area contributed by atoms with Crippen LogP contribution in [0.15, 0.2) is 53.0 Å². The summed E-state index contributed by atoms with van der Waals surface area (Å²) < 4.78 is 1.00. The van der Waals surface area contributed by atoms with Crippen LogP contribution in [-0.4, -0.2) is 29.9 Å². The van der Waals surface area contributed by atoms with Crippen molar-refractivity contribution in [3.05, 3.63) is 64.1 Å². The van der Waals surface area contributed by atoms with Gasteiger partial charge in [0.1, 0.15) is 0 Å². The van der Waals surface area contributed by atoms with Gasteiger partial charge in [0.05, 0.1) is 12.6 Å². The highest BCUT2D eigenvalue weighted by Gasteiger charge is 2.30. The molecule has 2 aromatic rings. The summed E-state index contributed by atoms with van der Waals surface area (Å²) in [5.74, 6) is -0.0733. The number of carbonyl (C=O) groups excluding carboxylic acids is 2. The lowest BCUT2D eigenvalue weighted by Gasteiger charge is -2.26. The quantitative estimate of drug-likeness (QED) is 0.636. The van der Waals surface area contributed by atoms with E-state index < -0.39 is 0 Å². The minimum atomic E-state index is -0.364.